The topological polar surface area (TPSA) is 76.1 Å². The molecule has 0 bridgehead atoms. The van der Waals surface area contributed by atoms with Crippen molar-refractivity contribution >= 4 is 17.8 Å². The smallest absolute Gasteiger partial charge is 0.338 e. The fourth-order valence-electron chi connectivity index (χ4n) is 4.20. The number of carbonyl (C=O) groups excluding carboxylic acids is 3. The SMILES string of the molecule is Cc1ccc(CN(C)C(=O)COC(=O)c2ccc(OCC(=O)N3C(C)CCCC3C)cc2)cc1. The number of likely N-dealkylation sites (tertiary alicyclic amines) is 1. The molecule has 0 N–H and O–H groups in total. The molecule has 0 radical (unpaired) electrons. The number of hydrogen-bond acceptors (Lipinski definition) is 5. The first-order chi connectivity index (χ1) is 16.2. The van der Waals surface area contributed by atoms with Crippen molar-refractivity contribution in [1.29, 1.82) is 0 Å². The molecule has 0 spiro atoms. The van der Waals surface area contributed by atoms with Crippen LogP contribution in [0.25, 0.3) is 0 Å². The van der Waals surface area contributed by atoms with E-state index in [1.165, 1.54) is 4.90 Å². The van der Waals surface area contributed by atoms with Crippen molar-refractivity contribution < 1.29 is 23.9 Å². The van der Waals surface area contributed by atoms with E-state index in [1.807, 2.05) is 36.1 Å². The summed E-state index contributed by atoms with van der Waals surface area (Å²) in [4.78, 5) is 40.7. The van der Waals surface area contributed by atoms with Gasteiger partial charge in [-0.3, -0.25) is 9.59 Å². The maximum atomic E-state index is 12.6. The Labute approximate surface area is 201 Å². The van der Waals surface area contributed by atoms with E-state index in [9.17, 15) is 14.4 Å². The van der Waals surface area contributed by atoms with Gasteiger partial charge >= 0.3 is 5.97 Å². The summed E-state index contributed by atoms with van der Waals surface area (Å²) in [7, 11) is 1.68. The van der Waals surface area contributed by atoms with E-state index in [0.717, 1.165) is 30.4 Å². The Morgan fingerprint density at radius 1 is 0.941 bits per heavy atom. The van der Waals surface area contributed by atoms with Gasteiger partial charge in [0.2, 0.25) is 0 Å². The number of ether oxygens (including phenoxy) is 2. The summed E-state index contributed by atoms with van der Waals surface area (Å²) in [6.07, 6.45) is 3.16. The third-order valence-electron chi connectivity index (χ3n) is 6.23. The molecule has 0 saturated carbocycles. The van der Waals surface area contributed by atoms with Crippen LogP contribution in [0.2, 0.25) is 0 Å². The van der Waals surface area contributed by atoms with Crippen LogP contribution in [0, 0.1) is 6.92 Å². The summed E-state index contributed by atoms with van der Waals surface area (Å²) in [6, 6.07) is 14.7. The van der Waals surface area contributed by atoms with E-state index < -0.39 is 5.97 Å². The van der Waals surface area contributed by atoms with Crippen molar-refractivity contribution in [3.63, 3.8) is 0 Å². The monoisotopic (exact) mass is 466 g/mol. The fourth-order valence-corrected chi connectivity index (χ4v) is 4.20. The number of aryl methyl sites for hydroxylation is 1. The van der Waals surface area contributed by atoms with Gasteiger partial charge in [0, 0.05) is 25.7 Å². The Balaban J connectivity index is 1.44. The van der Waals surface area contributed by atoms with Crippen molar-refractivity contribution in [2.75, 3.05) is 20.3 Å². The number of benzene rings is 2. The van der Waals surface area contributed by atoms with Gasteiger partial charge in [-0.2, -0.15) is 0 Å². The molecule has 0 aliphatic carbocycles. The number of amides is 2. The summed E-state index contributed by atoms with van der Waals surface area (Å²) in [5, 5.41) is 0. The molecule has 0 aromatic heterocycles. The highest BCUT2D eigenvalue weighted by molar-refractivity contribution is 5.91. The fraction of sp³-hybridized carbons (Fsp3) is 0.444. The van der Waals surface area contributed by atoms with E-state index >= 15 is 0 Å². The van der Waals surface area contributed by atoms with Crippen LogP contribution in [-0.4, -0.2) is 59.9 Å². The molecule has 2 amide bonds. The van der Waals surface area contributed by atoms with E-state index in [4.69, 9.17) is 9.47 Å². The molecular weight excluding hydrogens is 432 g/mol. The Kier molecular flexibility index (Phi) is 8.68. The first-order valence-corrected chi connectivity index (χ1v) is 11.7. The van der Waals surface area contributed by atoms with Crippen molar-refractivity contribution in [3.05, 3.63) is 65.2 Å². The highest BCUT2D eigenvalue weighted by Crippen LogP contribution is 2.23. The second-order valence-corrected chi connectivity index (χ2v) is 9.05. The standard InChI is InChI=1S/C27H34N2O5/c1-19-8-10-22(11-9-19)16-28(4)25(30)17-34-27(32)23-12-14-24(15-13-23)33-18-26(31)29-20(2)6-5-7-21(29)3/h8-15,20-21H,5-7,16-18H2,1-4H3. The molecule has 7 heteroatoms. The molecule has 1 heterocycles. The van der Waals surface area contributed by atoms with Crippen LogP contribution >= 0.6 is 0 Å². The minimum Gasteiger partial charge on any atom is -0.484 e. The molecule has 1 aliphatic rings. The van der Waals surface area contributed by atoms with Crippen LogP contribution in [0.15, 0.2) is 48.5 Å². The summed E-state index contributed by atoms with van der Waals surface area (Å²) in [5.41, 5.74) is 2.47. The van der Waals surface area contributed by atoms with Gasteiger partial charge in [0.1, 0.15) is 5.75 Å². The van der Waals surface area contributed by atoms with Gasteiger partial charge < -0.3 is 19.3 Å². The van der Waals surface area contributed by atoms with Crippen LogP contribution in [-0.2, 0) is 20.9 Å². The zero-order chi connectivity index (χ0) is 24.7. The number of esters is 1. The van der Waals surface area contributed by atoms with Gasteiger partial charge in [-0.1, -0.05) is 29.8 Å². The van der Waals surface area contributed by atoms with E-state index in [0.29, 0.717) is 17.9 Å². The number of likely N-dealkylation sites (N-methyl/N-ethyl adjacent to an activating group) is 1. The molecule has 2 atom stereocenters. The van der Waals surface area contributed by atoms with Gasteiger partial charge in [0.25, 0.3) is 11.8 Å². The van der Waals surface area contributed by atoms with E-state index in [1.54, 1.807) is 31.3 Å². The van der Waals surface area contributed by atoms with Crippen molar-refractivity contribution in [2.24, 2.45) is 0 Å². The molecule has 2 aromatic rings. The largest absolute Gasteiger partial charge is 0.484 e. The van der Waals surface area contributed by atoms with Crippen molar-refractivity contribution in [3.8, 4) is 5.75 Å². The average molecular weight is 467 g/mol. The normalized spacial score (nSPS) is 17.7. The predicted molar refractivity (Wildman–Crippen MR) is 129 cm³/mol. The van der Waals surface area contributed by atoms with Gasteiger partial charge in [-0.15, -0.1) is 0 Å². The molecule has 1 aliphatic heterocycles. The Morgan fingerprint density at radius 2 is 1.56 bits per heavy atom. The lowest BCUT2D eigenvalue weighted by Gasteiger charge is -2.38. The lowest BCUT2D eigenvalue weighted by molar-refractivity contribution is -0.139. The van der Waals surface area contributed by atoms with Gasteiger partial charge in [0.05, 0.1) is 5.56 Å². The van der Waals surface area contributed by atoms with Gasteiger partial charge in [-0.05, 0) is 69.9 Å². The van der Waals surface area contributed by atoms with Crippen LogP contribution in [0.4, 0.5) is 0 Å². The maximum Gasteiger partial charge on any atom is 0.338 e. The number of hydrogen-bond donors (Lipinski definition) is 0. The molecule has 182 valence electrons. The van der Waals surface area contributed by atoms with Crippen LogP contribution in [0.1, 0.15) is 54.6 Å². The predicted octanol–water partition coefficient (Wildman–Crippen LogP) is 3.98. The second kappa shape index (κ2) is 11.7. The molecule has 7 nitrogen and oxygen atoms in total. The van der Waals surface area contributed by atoms with Crippen LogP contribution in [0.5, 0.6) is 5.75 Å². The Morgan fingerprint density at radius 3 is 2.18 bits per heavy atom. The van der Waals surface area contributed by atoms with Crippen molar-refractivity contribution in [2.45, 2.75) is 58.7 Å². The lowest BCUT2D eigenvalue weighted by Crippen LogP contribution is -2.49. The maximum absolute atomic E-state index is 12.6. The summed E-state index contributed by atoms with van der Waals surface area (Å²) in [5.74, 6) is -0.406. The number of rotatable bonds is 8. The molecule has 3 rings (SSSR count). The molecular formula is C27H34N2O5. The number of carbonyl (C=O) groups is 3. The van der Waals surface area contributed by atoms with E-state index in [-0.39, 0.29) is 37.1 Å². The zero-order valence-corrected chi connectivity index (χ0v) is 20.5. The third-order valence-corrected chi connectivity index (χ3v) is 6.23. The summed E-state index contributed by atoms with van der Waals surface area (Å²) < 4.78 is 10.8. The Hall–Kier alpha value is -3.35. The molecule has 2 unspecified atom stereocenters. The van der Waals surface area contributed by atoms with Crippen LogP contribution < -0.4 is 4.74 Å². The minimum atomic E-state index is -0.587. The number of piperidine rings is 1. The number of nitrogens with zero attached hydrogens (tertiary/aromatic N) is 2. The quantitative estimate of drug-likeness (QED) is 0.550. The molecule has 1 fully saturated rings. The second-order valence-electron chi connectivity index (χ2n) is 9.05. The average Bonchev–Trinajstić information content (AvgIpc) is 2.82. The Bertz CT molecular complexity index is 977. The molecule has 1 saturated heterocycles. The van der Waals surface area contributed by atoms with Crippen LogP contribution in [0.3, 0.4) is 0 Å². The zero-order valence-electron chi connectivity index (χ0n) is 20.5. The minimum absolute atomic E-state index is 0.0311. The van der Waals surface area contributed by atoms with Crippen molar-refractivity contribution in [1.82, 2.24) is 9.80 Å². The summed E-state index contributed by atoms with van der Waals surface area (Å²) >= 11 is 0. The van der Waals surface area contributed by atoms with Gasteiger partial charge in [0.15, 0.2) is 13.2 Å². The lowest BCUT2D eigenvalue weighted by atomic mass is 9.97. The summed E-state index contributed by atoms with van der Waals surface area (Å²) in [6.45, 7) is 6.21. The third kappa shape index (κ3) is 6.83. The molecule has 2 aromatic carbocycles. The van der Waals surface area contributed by atoms with Gasteiger partial charge in [-0.25, -0.2) is 4.79 Å². The first kappa shape index (κ1) is 25.3. The highest BCUT2D eigenvalue weighted by Gasteiger charge is 2.29. The van der Waals surface area contributed by atoms with E-state index in [2.05, 4.69) is 13.8 Å². The highest BCUT2D eigenvalue weighted by atomic mass is 16.5. The molecule has 34 heavy (non-hydrogen) atoms. The first-order valence-electron chi connectivity index (χ1n) is 11.7.